The van der Waals surface area contributed by atoms with E-state index in [2.05, 4.69) is 4.98 Å². The van der Waals surface area contributed by atoms with Gasteiger partial charge in [-0.25, -0.2) is 4.98 Å². The van der Waals surface area contributed by atoms with Gasteiger partial charge in [0.15, 0.2) is 0 Å². The molecule has 2 rings (SSSR count). The fraction of sp³-hybridized carbons (Fsp3) is 0.600. The van der Waals surface area contributed by atoms with E-state index in [1.807, 2.05) is 17.8 Å². The number of hydrogen-bond acceptors (Lipinski definition) is 2. The van der Waals surface area contributed by atoms with Crippen molar-refractivity contribution in [2.45, 2.75) is 31.6 Å². The zero-order chi connectivity index (χ0) is 10.3. The number of carboxylic acid groups (broad SMARTS) is 1. The van der Waals surface area contributed by atoms with Crippen LogP contribution in [0.5, 0.6) is 0 Å². The lowest BCUT2D eigenvalue weighted by Gasteiger charge is -2.04. The number of imidazole rings is 1. The summed E-state index contributed by atoms with van der Waals surface area (Å²) in [5.74, 6) is -0.108. The minimum Gasteiger partial charge on any atom is -0.481 e. The number of carboxylic acids is 1. The van der Waals surface area contributed by atoms with Gasteiger partial charge >= 0.3 is 5.97 Å². The molecule has 0 radical (unpaired) electrons. The van der Waals surface area contributed by atoms with Crippen LogP contribution in [-0.2, 0) is 11.8 Å². The predicted molar refractivity (Wildman–Crippen MR) is 51.2 cm³/mol. The molecule has 1 aromatic heterocycles. The highest BCUT2D eigenvalue weighted by molar-refractivity contribution is 5.74. The Morgan fingerprint density at radius 2 is 2.36 bits per heavy atom. The number of aromatic nitrogens is 2. The molecule has 0 aromatic carbocycles. The van der Waals surface area contributed by atoms with Crippen molar-refractivity contribution in [3.63, 3.8) is 0 Å². The lowest BCUT2D eigenvalue weighted by Crippen LogP contribution is -2.12. The van der Waals surface area contributed by atoms with Gasteiger partial charge in [-0.15, -0.1) is 0 Å². The van der Waals surface area contributed by atoms with Crippen molar-refractivity contribution in [3.05, 3.63) is 17.7 Å². The number of nitrogens with zero attached hydrogens (tertiary/aromatic N) is 2. The first-order valence-electron chi connectivity index (χ1n) is 4.85. The van der Waals surface area contributed by atoms with E-state index in [4.69, 9.17) is 5.11 Å². The minimum atomic E-state index is -0.818. The SMILES string of the molecule is CC(C(=O)O)c1nc(C2CC2)cn1C. The van der Waals surface area contributed by atoms with Crippen molar-refractivity contribution in [2.75, 3.05) is 0 Å². The highest BCUT2D eigenvalue weighted by Gasteiger charge is 2.28. The van der Waals surface area contributed by atoms with Gasteiger partial charge in [0.25, 0.3) is 0 Å². The molecule has 1 unspecified atom stereocenters. The third kappa shape index (κ3) is 1.52. The van der Waals surface area contributed by atoms with Crippen LogP contribution in [-0.4, -0.2) is 20.6 Å². The van der Waals surface area contributed by atoms with E-state index in [0.717, 1.165) is 5.69 Å². The number of rotatable bonds is 3. The van der Waals surface area contributed by atoms with Crippen LogP contribution in [0.3, 0.4) is 0 Å². The standard InChI is InChI=1S/C10H14N2O2/c1-6(10(13)14)9-11-8(5-12(9)2)7-3-4-7/h5-7H,3-4H2,1-2H3,(H,13,14). The molecule has 4 nitrogen and oxygen atoms in total. The molecular weight excluding hydrogens is 180 g/mol. The summed E-state index contributed by atoms with van der Waals surface area (Å²) in [4.78, 5) is 15.2. The second-order valence-corrected chi connectivity index (χ2v) is 3.97. The Morgan fingerprint density at radius 1 is 1.71 bits per heavy atom. The Bertz CT molecular complexity index is 366. The highest BCUT2D eigenvalue weighted by Crippen LogP contribution is 2.39. The molecule has 1 aromatic rings. The Balaban J connectivity index is 2.28. The number of aryl methyl sites for hydroxylation is 1. The summed E-state index contributed by atoms with van der Waals surface area (Å²) in [7, 11) is 1.85. The molecule has 1 fully saturated rings. The topological polar surface area (TPSA) is 55.1 Å². The zero-order valence-corrected chi connectivity index (χ0v) is 8.40. The fourth-order valence-electron chi connectivity index (χ4n) is 1.59. The van der Waals surface area contributed by atoms with Crippen molar-refractivity contribution >= 4 is 5.97 Å². The normalized spacial score (nSPS) is 18.1. The Morgan fingerprint density at radius 3 is 2.86 bits per heavy atom. The number of carbonyl (C=O) groups is 1. The minimum absolute atomic E-state index is 0.521. The molecule has 1 heterocycles. The summed E-state index contributed by atoms with van der Waals surface area (Å²) < 4.78 is 1.83. The lowest BCUT2D eigenvalue weighted by atomic mass is 10.2. The van der Waals surface area contributed by atoms with E-state index in [9.17, 15) is 4.79 Å². The lowest BCUT2D eigenvalue weighted by molar-refractivity contribution is -0.138. The first-order valence-corrected chi connectivity index (χ1v) is 4.85. The van der Waals surface area contributed by atoms with Crippen LogP contribution in [0.1, 0.15) is 43.1 Å². The van der Waals surface area contributed by atoms with Crippen molar-refractivity contribution < 1.29 is 9.90 Å². The summed E-state index contributed by atoms with van der Waals surface area (Å²) in [6.07, 6.45) is 4.34. The van der Waals surface area contributed by atoms with Gasteiger partial charge in [-0.2, -0.15) is 0 Å². The van der Waals surface area contributed by atoms with Crippen molar-refractivity contribution in [1.29, 1.82) is 0 Å². The maximum atomic E-state index is 10.8. The first kappa shape index (κ1) is 9.24. The monoisotopic (exact) mass is 194 g/mol. The molecule has 0 bridgehead atoms. The average Bonchev–Trinajstić information content (AvgIpc) is 2.89. The van der Waals surface area contributed by atoms with Gasteiger partial charge in [0.05, 0.1) is 5.69 Å². The maximum Gasteiger partial charge on any atom is 0.313 e. The third-order valence-corrected chi connectivity index (χ3v) is 2.68. The quantitative estimate of drug-likeness (QED) is 0.793. The van der Waals surface area contributed by atoms with Gasteiger partial charge in [-0.3, -0.25) is 4.79 Å². The molecule has 14 heavy (non-hydrogen) atoms. The van der Waals surface area contributed by atoms with Gasteiger partial charge in [0.1, 0.15) is 11.7 Å². The first-order chi connectivity index (χ1) is 6.59. The summed E-state index contributed by atoms with van der Waals surface area (Å²) in [5.41, 5.74) is 1.05. The summed E-state index contributed by atoms with van der Waals surface area (Å²) in [6.45, 7) is 1.67. The summed E-state index contributed by atoms with van der Waals surface area (Å²) in [5, 5.41) is 8.87. The van der Waals surface area contributed by atoms with Crippen LogP contribution < -0.4 is 0 Å². The molecule has 0 saturated heterocycles. The Hall–Kier alpha value is -1.32. The van der Waals surface area contributed by atoms with Gasteiger partial charge < -0.3 is 9.67 Å². The molecule has 1 aliphatic rings. The molecule has 0 aliphatic heterocycles. The molecule has 0 spiro atoms. The average molecular weight is 194 g/mol. The van der Waals surface area contributed by atoms with Gasteiger partial charge in [0, 0.05) is 19.2 Å². The molecule has 1 saturated carbocycles. The molecule has 1 N–H and O–H groups in total. The number of aliphatic carboxylic acids is 1. The second-order valence-electron chi connectivity index (χ2n) is 3.97. The van der Waals surface area contributed by atoms with Crippen molar-refractivity contribution in [3.8, 4) is 0 Å². The maximum absolute atomic E-state index is 10.8. The third-order valence-electron chi connectivity index (χ3n) is 2.68. The fourth-order valence-corrected chi connectivity index (χ4v) is 1.59. The smallest absolute Gasteiger partial charge is 0.313 e. The highest BCUT2D eigenvalue weighted by atomic mass is 16.4. The number of hydrogen-bond donors (Lipinski definition) is 1. The molecule has 1 aliphatic carbocycles. The van der Waals surface area contributed by atoms with Gasteiger partial charge in [-0.1, -0.05) is 0 Å². The van der Waals surface area contributed by atoms with Crippen LogP contribution in [0.2, 0.25) is 0 Å². The Kier molecular flexibility index (Phi) is 2.06. The van der Waals surface area contributed by atoms with E-state index < -0.39 is 11.9 Å². The van der Waals surface area contributed by atoms with Crippen molar-refractivity contribution in [1.82, 2.24) is 9.55 Å². The van der Waals surface area contributed by atoms with E-state index in [1.54, 1.807) is 6.92 Å². The van der Waals surface area contributed by atoms with Crippen LogP contribution in [0.4, 0.5) is 0 Å². The molecule has 0 amide bonds. The summed E-state index contributed by atoms with van der Waals surface area (Å²) >= 11 is 0. The summed E-state index contributed by atoms with van der Waals surface area (Å²) in [6, 6.07) is 0. The van der Waals surface area contributed by atoms with Crippen LogP contribution in [0, 0.1) is 0 Å². The molecule has 1 atom stereocenters. The van der Waals surface area contributed by atoms with Crippen molar-refractivity contribution in [2.24, 2.45) is 7.05 Å². The molecule has 4 heteroatoms. The van der Waals surface area contributed by atoms with E-state index in [1.165, 1.54) is 12.8 Å². The van der Waals surface area contributed by atoms with Gasteiger partial charge in [0.2, 0.25) is 0 Å². The van der Waals surface area contributed by atoms with E-state index in [0.29, 0.717) is 11.7 Å². The van der Waals surface area contributed by atoms with Crippen LogP contribution in [0.25, 0.3) is 0 Å². The van der Waals surface area contributed by atoms with Crippen LogP contribution >= 0.6 is 0 Å². The second kappa shape index (κ2) is 3.12. The zero-order valence-electron chi connectivity index (χ0n) is 8.40. The molecule has 76 valence electrons. The largest absolute Gasteiger partial charge is 0.481 e. The Labute approximate surface area is 82.6 Å². The van der Waals surface area contributed by atoms with E-state index >= 15 is 0 Å². The van der Waals surface area contributed by atoms with Gasteiger partial charge in [-0.05, 0) is 19.8 Å². The molecular formula is C10H14N2O2. The predicted octanol–water partition coefficient (Wildman–Crippen LogP) is 1.49. The van der Waals surface area contributed by atoms with Crippen LogP contribution in [0.15, 0.2) is 6.20 Å². The van der Waals surface area contributed by atoms with E-state index in [-0.39, 0.29) is 0 Å².